The van der Waals surface area contributed by atoms with E-state index in [0.717, 1.165) is 22.3 Å². The van der Waals surface area contributed by atoms with Gasteiger partial charge in [-0.25, -0.2) is 0 Å². The first-order valence-corrected chi connectivity index (χ1v) is 18.0. The second-order valence-electron chi connectivity index (χ2n) is 13.3. The van der Waals surface area contributed by atoms with Gasteiger partial charge in [0.15, 0.2) is 0 Å². The molecule has 2 heterocycles. The molecule has 0 spiro atoms. The summed E-state index contributed by atoms with van der Waals surface area (Å²) < 4.78 is 47.8. The van der Waals surface area contributed by atoms with Crippen LogP contribution in [0.15, 0.2) is 109 Å². The highest BCUT2D eigenvalue weighted by molar-refractivity contribution is 5.52. The van der Waals surface area contributed by atoms with Gasteiger partial charge in [-0.1, -0.05) is 84.9 Å². The molecular formula is C44H48N2O8. The first-order valence-electron chi connectivity index (χ1n) is 18.0. The molecule has 2 aliphatic heterocycles. The molecule has 54 heavy (non-hydrogen) atoms. The zero-order chi connectivity index (χ0) is 37.6. The summed E-state index contributed by atoms with van der Waals surface area (Å²) in [5.41, 5.74) is 6.25. The van der Waals surface area contributed by atoms with Crippen LogP contribution in [0.25, 0.3) is 0 Å². The topological polar surface area (TPSA) is 80.3 Å². The van der Waals surface area contributed by atoms with Crippen molar-refractivity contribution >= 4 is 0 Å². The molecule has 4 atom stereocenters. The minimum Gasteiger partial charge on any atom is -0.496 e. The Morgan fingerprint density at radius 1 is 0.444 bits per heavy atom. The normalized spacial score (nSPS) is 20.1. The number of nitrogens with zero attached hydrogens (tertiary/aromatic N) is 2. The molecule has 2 saturated heterocycles. The fourth-order valence-electron chi connectivity index (χ4n) is 7.62. The van der Waals surface area contributed by atoms with Crippen LogP contribution in [-0.2, 0) is 22.6 Å². The summed E-state index contributed by atoms with van der Waals surface area (Å²) in [7, 11) is 9.94. The molecule has 10 heteroatoms. The van der Waals surface area contributed by atoms with Crippen molar-refractivity contribution in [1.82, 2.24) is 9.80 Å². The van der Waals surface area contributed by atoms with E-state index in [9.17, 15) is 0 Å². The van der Waals surface area contributed by atoms with E-state index < -0.39 is 0 Å². The highest BCUT2D eigenvalue weighted by Crippen LogP contribution is 2.46. The van der Waals surface area contributed by atoms with E-state index in [1.807, 2.05) is 36.4 Å². The number of methoxy groups -OCH3 is 6. The highest BCUT2D eigenvalue weighted by Gasteiger charge is 2.40. The fraction of sp³-hybridized carbons (Fsp3) is 0.318. The maximum atomic E-state index is 6.63. The highest BCUT2D eigenvalue weighted by atomic mass is 16.5. The van der Waals surface area contributed by atoms with Crippen molar-refractivity contribution < 1.29 is 37.9 Å². The second kappa shape index (κ2) is 16.8. The van der Waals surface area contributed by atoms with Gasteiger partial charge in [0.1, 0.15) is 47.0 Å². The summed E-state index contributed by atoms with van der Waals surface area (Å²) in [6.45, 7) is 2.10. The molecule has 0 aliphatic carbocycles. The average Bonchev–Trinajstić information content (AvgIpc) is 3.86. The van der Waals surface area contributed by atoms with Crippen LogP contribution in [0.4, 0.5) is 0 Å². The Morgan fingerprint density at radius 3 is 1.07 bits per heavy atom. The fourth-order valence-corrected chi connectivity index (χ4v) is 7.62. The molecule has 7 rings (SSSR count). The second-order valence-corrected chi connectivity index (χ2v) is 13.3. The van der Waals surface area contributed by atoms with Gasteiger partial charge >= 0.3 is 0 Å². The third-order valence-electron chi connectivity index (χ3n) is 10.4. The largest absolute Gasteiger partial charge is 0.496 e. The van der Waals surface area contributed by atoms with Crippen LogP contribution < -0.4 is 28.4 Å². The standard InChI is InChI=1S/C44H48N2O8/c1-47-33-21-39(49-3)35(40(22-33)50-4)25-45-37(29-13-9-7-10-14-29)27-53-43(45)31-17-19-32(20-18-31)44-46(38(28-54-44)30-15-11-8-12-16-30)26-36-41(51-5)23-34(48-2)24-42(36)52-6/h7-24,37-38,43-44H,25-28H2,1-6H3/t37-,38-,43?,44?/m0/s1. The molecule has 0 saturated carbocycles. The molecule has 0 amide bonds. The van der Waals surface area contributed by atoms with Crippen molar-refractivity contribution in [1.29, 1.82) is 0 Å². The smallest absolute Gasteiger partial charge is 0.137 e. The van der Waals surface area contributed by atoms with Crippen LogP contribution in [-0.4, -0.2) is 65.7 Å². The summed E-state index contributed by atoms with van der Waals surface area (Å²) in [5, 5.41) is 0. The number of benzene rings is 5. The lowest BCUT2D eigenvalue weighted by atomic mass is 10.0. The van der Waals surface area contributed by atoms with Crippen LogP contribution in [0.3, 0.4) is 0 Å². The molecule has 282 valence electrons. The molecular weight excluding hydrogens is 684 g/mol. The number of ether oxygens (including phenoxy) is 8. The van der Waals surface area contributed by atoms with Crippen molar-refractivity contribution in [3.8, 4) is 34.5 Å². The minimum absolute atomic E-state index is 0.00198. The minimum atomic E-state index is -0.328. The zero-order valence-corrected chi connectivity index (χ0v) is 31.7. The van der Waals surface area contributed by atoms with Crippen molar-refractivity contribution in [2.24, 2.45) is 0 Å². The summed E-state index contributed by atoms with van der Waals surface area (Å²) in [6, 6.07) is 37.1. The van der Waals surface area contributed by atoms with Crippen LogP contribution in [0, 0.1) is 0 Å². The van der Waals surface area contributed by atoms with E-state index in [1.165, 1.54) is 11.1 Å². The predicted octanol–water partition coefficient (Wildman–Crippen LogP) is 8.28. The van der Waals surface area contributed by atoms with Crippen molar-refractivity contribution in [2.75, 3.05) is 55.9 Å². The van der Waals surface area contributed by atoms with Crippen molar-refractivity contribution in [3.05, 3.63) is 143 Å². The molecule has 0 radical (unpaired) electrons. The predicted molar refractivity (Wildman–Crippen MR) is 205 cm³/mol. The number of hydrogen-bond acceptors (Lipinski definition) is 10. The molecule has 0 N–H and O–H groups in total. The van der Waals surface area contributed by atoms with Crippen LogP contribution in [0.5, 0.6) is 34.5 Å². The summed E-state index contributed by atoms with van der Waals surface area (Å²) >= 11 is 0. The molecule has 10 nitrogen and oxygen atoms in total. The molecule has 2 fully saturated rings. The Balaban J connectivity index is 1.22. The molecule has 5 aromatic carbocycles. The van der Waals surface area contributed by atoms with Gasteiger partial charge in [0, 0.05) is 37.4 Å². The lowest BCUT2D eigenvalue weighted by molar-refractivity contribution is 0.0211. The lowest BCUT2D eigenvalue weighted by Crippen LogP contribution is -2.28. The van der Waals surface area contributed by atoms with Crippen LogP contribution in [0.2, 0.25) is 0 Å². The van der Waals surface area contributed by atoms with E-state index >= 15 is 0 Å². The Morgan fingerprint density at radius 2 is 0.778 bits per heavy atom. The summed E-state index contributed by atoms with van der Waals surface area (Å²) in [5.74, 6) is 4.09. The van der Waals surface area contributed by atoms with Crippen molar-refractivity contribution in [2.45, 2.75) is 37.6 Å². The van der Waals surface area contributed by atoms with Gasteiger partial charge in [0.2, 0.25) is 0 Å². The summed E-state index contributed by atoms with van der Waals surface area (Å²) in [6.07, 6.45) is -0.655. The lowest BCUT2D eigenvalue weighted by Gasteiger charge is -2.31. The van der Waals surface area contributed by atoms with E-state index in [2.05, 4.69) is 82.6 Å². The maximum Gasteiger partial charge on any atom is 0.137 e. The number of hydrogen-bond donors (Lipinski definition) is 0. The Bertz CT molecular complexity index is 1800. The van der Waals surface area contributed by atoms with Gasteiger partial charge in [-0.05, 0) is 22.3 Å². The molecule has 2 aliphatic rings. The third kappa shape index (κ3) is 7.43. The van der Waals surface area contributed by atoms with Gasteiger partial charge in [0.25, 0.3) is 0 Å². The number of rotatable bonds is 14. The molecule has 2 unspecified atom stereocenters. The Kier molecular flexibility index (Phi) is 11.5. The quantitative estimate of drug-likeness (QED) is 0.111. The zero-order valence-electron chi connectivity index (χ0n) is 31.7. The van der Waals surface area contributed by atoms with E-state index in [0.29, 0.717) is 60.8 Å². The first kappa shape index (κ1) is 37.1. The average molecular weight is 733 g/mol. The van der Waals surface area contributed by atoms with E-state index in [1.54, 1.807) is 42.7 Å². The Labute approximate surface area is 317 Å². The van der Waals surface area contributed by atoms with Gasteiger partial charge in [-0.2, -0.15) is 0 Å². The maximum absolute atomic E-state index is 6.63. The Hall–Kier alpha value is -5.26. The van der Waals surface area contributed by atoms with Gasteiger partial charge in [-0.3, -0.25) is 9.80 Å². The van der Waals surface area contributed by atoms with Gasteiger partial charge in [-0.15, -0.1) is 0 Å². The SMILES string of the molecule is COc1cc(OC)c(CN2C(c3ccc(C4OC[C@@H](c5ccccc5)N4Cc4c(OC)cc(OC)cc4OC)cc3)OC[C@H]2c2ccccc2)c(OC)c1. The van der Waals surface area contributed by atoms with Gasteiger partial charge < -0.3 is 37.9 Å². The first-order chi connectivity index (χ1) is 26.5. The molecule has 0 aromatic heterocycles. The van der Waals surface area contributed by atoms with Crippen molar-refractivity contribution in [3.63, 3.8) is 0 Å². The third-order valence-corrected chi connectivity index (χ3v) is 10.4. The van der Waals surface area contributed by atoms with E-state index in [-0.39, 0.29) is 24.5 Å². The molecule has 5 aromatic rings. The molecule has 0 bridgehead atoms. The van der Waals surface area contributed by atoms with Crippen LogP contribution in [0.1, 0.15) is 57.9 Å². The van der Waals surface area contributed by atoms with Gasteiger partial charge in [0.05, 0.1) is 79.1 Å². The monoisotopic (exact) mass is 732 g/mol. The summed E-state index contributed by atoms with van der Waals surface area (Å²) in [4.78, 5) is 4.73. The van der Waals surface area contributed by atoms with E-state index in [4.69, 9.17) is 37.9 Å². The van der Waals surface area contributed by atoms with Crippen LogP contribution >= 0.6 is 0 Å².